The summed E-state index contributed by atoms with van der Waals surface area (Å²) in [4.78, 5) is 12.0. The molecule has 0 saturated carbocycles. The number of H-pyrrole nitrogens is 1. The molecule has 0 spiro atoms. The Balaban J connectivity index is 1.79. The number of hydrogen-bond acceptors (Lipinski definition) is 5. The molecule has 1 saturated heterocycles. The molecule has 0 radical (unpaired) electrons. The maximum Gasteiger partial charge on any atom is 0.130 e. The largest absolute Gasteiger partial charge is 0.377 e. The van der Waals surface area contributed by atoms with E-state index in [1.807, 2.05) is 18.3 Å². The van der Waals surface area contributed by atoms with Crippen LogP contribution >= 0.6 is 0 Å². The first kappa shape index (κ1) is 16.9. The molecule has 7 nitrogen and oxygen atoms in total. The molecule has 7 heteroatoms. The van der Waals surface area contributed by atoms with Crippen LogP contribution in [0.3, 0.4) is 0 Å². The highest BCUT2D eigenvalue weighted by Gasteiger charge is 2.23. The quantitative estimate of drug-likeness (QED) is 0.596. The van der Waals surface area contributed by atoms with E-state index in [0.29, 0.717) is 13.2 Å². The standard InChI is InChI=1S/C21H22N6O/c1-14-13-28-11-10-27(14)19-12-16(18-4-3-9-26(18)2)15-5-7-22-21(20(15)24-19)17-6-8-23-25-17/h3-9,12,14H,10-11,13H2,1-2H3,(H,23,25). The molecule has 1 atom stereocenters. The summed E-state index contributed by atoms with van der Waals surface area (Å²) in [5.74, 6) is 0.952. The second-order valence-electron chi connectivity index (χ2n) is 7.18. The Labute approximate surface area is 163 Å². The Morgan fingerprint density at radius 1 is 1.21 bits per heavy atom. The number of rotatable bonds is 3. The summed E-state index contributed by atoms with van der Waals surface area (Å²) in [6.45, 7) is 4.42. The average Bonchev–Trinajstić information content (AvgIpc) is 3.39. The first-order chi connectivity index (χ1) is 13.7. The zero-order valence-electron chi connectivity index (χ0n) is 16.0. The van der Waals surface area contributed by atoms with Gasteiger partial charge < -0.3 is 14.2 Å². The minimum absolute atomic E-state index is 0.271. The van der Waals surface area contributed by atoms with E-state index in [1.165, 1.54) is 0 Å². The predicted molar refractivity (Wildman–Crippen MR) is 109 cm³/mol. The van der Waals surface area contributed by atoms with Crippen molar-refractivity contribution in [3.8, 4) is 22.6 Å². The van der Waals surface area contributed by atoms with Crippen LogP contribution in [0.2, 0.25) is 0 Å². The van der Waals surface area contributed by atoms with E-state index in [2.05, 4.69) is 63.0 Å². The van der Waals surface area contributed by atoms with Gasteiger partial charge in [-0.25, -0.2) is 4.98 Å². The number of hydrogen-bond donors (Lipinski definition) is 1. The molecule has 1 fully saturated rings. The zero-order valence-corrected chi connectivity index (χ0v) is 16.0. The maximum absolute atomic E-state index is 5.63. The van der Waals surface area contributed by atoms with E-state index in [4.69, 9.17) is 9.72 Å². The van der Waals surface area contributed by atoms with Crippen molar-refractivity contribution in [2.24, 2.45) is 7.05 Å². The Kier molecular flexibility index (Phi) is 4.09. The topological polar surface area (TPSA) is 71.9 Å². The van der Waals surface area contributed by atoms with E-state index in [-0.39, 0.29) is 6.04 Å². The van der Waals surface area contributed by atoms with Gasteiger partial charge in [0.1, 0.15) is 17.0 Å². The van der Waals surface area contributed by atoms with Crippen molar-refractivity contribution < 1.29 is 4.74 Å². The Morgan fingerprint density at radius 3 is 2.89 bits per heavy atom. The molecule has 28 heavy (non-hydrogen) atoms. The Morgan fingerprint density at radius 2 is 2.14 bits per heavy atom. The third-order valence-corrected chi connectivity index (χ3v) is 5.35. The number of morpholine rings is 1. The van der Waals surface area contributed by atoms with E-state index in [1.54, 1.807) is 6.20 Å². The van der Waals surface area contributed by atoms with Gasteiger partial charge in [-0.1, -0.05) is 0 Å². The van der Waals surface area contributed by atoms with Crippen LogP contribution in [-0.4, -0.2) is 50.5 Å². The molecule has 1 unspecified atom stereocenters. The molecule has 0 amide bonds. The molecule has 0 bridgehead atoms. The minimum atomic E-state index is 0.271. The molecular weight excluding hydrogens is 352 g/mol. The molecule has 4 aromatic heterocycles. The number of nitrogens with one attached hydrogen (secondary N) is 1. The molecule has 5 rings (SSSR count). The highest BCUT2D eigenvalue weighted by atomic mass is 16.5. The summed E-state index contributed by atoms with van der Waals surface area (Å²) in [6.07, 6.45) is 5.64. The van der Waals surface area contributed by atoms with Crippen LogP contribution in [0.25, 0.3) is 33.5 Å². The summed E-state index contributed by atoms with van der Waals surface area (Å²) in [6, 6.07) is 10.6. The SMILES string of the molecule is CC1COCCN1c1cc(-c2cccn2C)c2ccnc(-c3ccn[nH]3)c2n1. The van der Waals surface area contributed by atoms with Gasteiger partial charge in [-0.2, -0.15) is 5.10 Å². The summed E-state index contributed by atoms with van der Waals surface area (Å²) >= 11 is 0. The van der Waals surface area contributed by atoms with Gasteiger partial charge in [0.2, 0.25) is 0 Å². The number of ether oxygens (including phenoxy) is 1. The number of anilines is 1. The number of fused-ring (bicyclic) bond motifs is 1. The highest BCUT2D eigenvalue weighted by Crippen LogP contribution is 2.35. The van der Waals surface area contributed by atoms with Crippen LogP contribution in [0, 0.1) is 0 Å². The second kappa shape index (κ2) is 6.76. The first-order valence-corrected chi connectivity index (χ1v) is 9.48. The molecule has 1 aliphatic heterocycles. The number of aromatic nitrogens is 5. The van der Waals surface area contributed by atoms with Gasteiger partial charge >= 0.3 is 0 Å². The van der Waals surface area contributed by atoms with Gasteiger partial charge in [-0.15, -0.1) is 0 Å². The number of nitrogens with zero attached hydrogens (tertiary/aromatic N) is 5. The van der Waals surface area contributed by atoms with Gasteiger partial charge in [0.25, 0.3) is 0 Å². The van der Waals surface area contributed by atoms with Crippen LogP contribution in [0.5, 0.6) is 0 Å². The fourth-order valence-corrected chi connectivity index (χ4v) is 3.89. The Hall–Kier alpha value is -3.19. The molecule has 1 N–H and O–H groups in total. The van der Waals surface area contributed by atoms with Crippen molar-refractivity contribution >= 4 is 16.7 Å². The smallest absolute Gasteiger partial charge is 0.130 e. The summed E-state index contributed by atoms with van der Waals surface area (Å²) in [5, 5.41) is 8.20. The lowest BCUT2D eigenvalue weighted by Crippen LogP contribution is -2.44. The molecule has 142 valence electrons. The van der Waals surface area contributed by atoms with Crippen LogP contribution in [0.4, 0.5) is 5.82 Å². The normalized spacial score (nSPS) is 17.4. The van der Waals surface area contributed by atoms with Crippen LogP contribution in [0.15, 0.2) is 48.9 Å². The molecular formula is C21H22N6O. The van der Waals surface area contributed by atoms with E-state index in [0.717, 1.165) is 45.9 Å². The van der Waals surface area contributed by atoms with E-state index in [9.17, 15) is 0 Å². The fourth-order valence-electron chi connectivity index (χ4n) is 3.89. The maximum atomic E-state index is 5.63. The summed E-state index contributed by atoms with van der Waals surface area (Å²) < 4.78 is 7.76. The second-order valence-corrected chi connectivity index (χ2v) is 7.18. The monoisotopic (exact) mass is 374 g/mol. The lowest BCUT2D eigenvalue weighted by atomic mass is 10.0. The Bertz CT molecular complexity index is 1120. The minimum Gasteiger partial charge on any atom is -0.377 e. The molecule has 0 aromatic carbocycles. The van der Waals surface area contributed by atoms with Crippen LogP contribution in [0.1, 0.15) is 6.92 Å². The highest BCUT2D eigenvalue weighted by molar-refractivity contribution is 6.01. The van der Waals surface area contributed by atoms with Crippen molar-refractivity contribution in [3.63, 3.8) is 0 Å². The van der Waals surface area contributed by atoms with Crippen molar-refractivity contribution in [1.82, 2.24) is 24.7 Å². The number of aromatic amines is 1. The molecule has 5 heterocycles. The van der Waals surface area contributed by atoms with Crippen molar-refractivity contribution in [2.45, 2.75) is 13.0 Å². The van der Waals surface area contributed by atoms with Gasteiger partial charge in [-0.05, 0) is 37.3 Å². The fraction of sp³-hybridized carbons (Fsp3) is 0.286. The first-order valence-electron chi connectivity index (χ1n) is 9.48. The number of pyridine rings is 2. The molecule has 1 aliphatic rings. The number of aryl methyl sites for hydroxylation is 1. The van der Waals surface area contributed by atoms with Crippen molar-refractivity contribution in [1.29, 1.82) is 0 Å². The zero-order chi connectivity index (χ0) is 19.1. The molecule has 0 aliphatic carbocycles. The van der Waals surface area contributed by atoms with Gasteiger partial charge in [0.15, 0.2) is 0 Å². The van der Waals surface area contributed by atoms with Crippen molar-refractivity contribution in [3.05, 3.63) is 48.9 Å². The summed E-state index contributed by atoms with van der Waals surface area (Å²) in [5.41, 5.74) is 4.85. The van der Waals surface area contributed by atoms with Crippen LogP contribution < -0.4 is 4.90 Å². The third-order valence-electron chi connectivity index (χ3n) is 5.35. The lowest BCUT2D eigenvalue weighted by Gasteiger charge is -2.34. The van der Waals surface area contributed by atoms with Crippen LogP contribution in [-0.2, 0) is 11.8 Å². The third kappa shape index (κ3) is 2.75. The van der Waals surface area contributed by atoms with Gasteiger partial charge in [0, 0.05) is 48.8 Å². The lowest BCUT2D eigenvalue weighted by molar-refractivity contribution is 0.0986. The van der Waals surface area contributed by atoms with Crippen molar-refractivity contribution in [2.75, 3.05) is 24.7 Å². The van der Waals surface area contributed by atoms with E-state index < -0.39 is 0 Å². The van der Waals surface area contributed by atoms with Gasteiger partial charge in [-0.3, -0.25) is 10.1 Å². The predicted octanol–water partition coefficient (Wildman–Crippen LogP) is 3.25. The summed E-state index contributed by atoms with van der Waals surface area (Å²) in [7, 11) is 2.07. The van der Waals surface area contributed by atoms with Gasteiger partial charge in [0.05, 0.1) is 24.9 Å². The van der Waals surface area contributed by atoms with E-state index >= 15 is 0 Å². The molecule has 4 aromatic rings. The average molecular weight is 374 g/mol.